The Kier molecular flexibility index (Phi) is 6.58. The molecule has 1 unspecified atom stereocenters. The van der Waals surface area contributed by atoms with Crippen LogP contribution in [-0.4, -0.2) is 35.9 Å². The molecule has 0 spiro atoms. The van der Waals surface area contributed by atoms with E-state index in [1.54, 1.807) is 6.08 Å². The fraction of sp³-hybridized carbons (Fsp3) is 0.385. The Bertz CT molecular complexity index is 1040. The van der Waals surface area contributed by atoms with Gasteiger partial charge in [0.05, 0.1) is 7.11 Å². The molecule has 2 aromatic rings. The number of esters is 1. The highest BCUT2D eigenvalue weighted by Crippen LogP contribution is 2.47. The van der Waals surface area contributed by atoms with Gasteiger partial charge in [0, 0.05) is 29.8 Å². The Balaban J connectivity index is 1.91. The lowest BCUT2D eigenvalue weighted by Gasteiger charge is -2.40. The van der Waals surface area contributed by atoms with Crippen LogP contribution in [0.4, 0.5) is 10.5 Å². The molecule has 2 N–H and O–H groups in total. The van der Waals surface area contributed by atoms with E-state index in [-0.39, 0.29) is 17.8 Å². The van der Waals surface area contributed by atoms with Crippen molar-refractivity contribution in [3.8, 4) is 0 Å². The van der Waals surface area contributed by atoms with Crippen LogP contribution in [0.5, 0.6) is 0 Å². The summed E-state index contributed by atoms with van der Waals surface area (Å²) in [6.45, 7) is 9.73. The van der Waals surface area contributed by atoms with E-state index >= 15 is 0 Å². The van der Waals surface area contributed by atoms with Crippen LogP contribution >= 0.6 is 0 Å². The fourth-order valence-corrected chi connectivity index (χ4v) is 4.72. The van der Waals surface area contributed by atoms with Crippen molar-refractivity contribution in [3.63, 3.8) is 0 Å². The second-order valence-corrected chi connectivity index (χ2v) is 9.44. The highest BCUT2D eigenvalue weighted by Gasteiger charge is 2.60. The normalized spacial score (nSPS) is 19.6. The maximum absolute atomic E-state index is 12.6. The van der Waals surface area contributed by atoms with E-state index < -0.39 is 22.1 Å². The first-order valence-electron chi connectivity index (χ1n) is 10.9. The minimum absolute atomic E-state index is 0.114. The van der Waals surface area contributed by atoms with Gasteiger partial charge in [-0.15, -0.1) is 4.48 Å². The van der Waals surface area contributed by atoms with Crippen LogP contribution in [0.3, 0.4) is 0 Å². The summed E-state index contributed by atoms with van der Waals surface area (Å²) in [7, 11) is 1.28. The number of amides is 1. The lowest BCUT2D eigenvalue weighted by molar-refractivity contribution is -0.138. The van der Waals surface area contributed by atoms with Crippen LogP contribution in [0.15, 0.2) is 54.2 Å². The van der Waals surface area contributed by atoms with E-state index in [4.69, 9.17) is 4.74 Å². The van der Waals surface area contributed by atoms with Crippen LogP contribution in [0.25, 0.3) is 6.08 Å². The van der Waals surface area contributed by atoms with Crippen molar-refractivity contribution in [1.82, 2.24) is 9.80 Å². The Morgan fingerprint density at radius 2 is 1.75 bits per heavy atom. The zero-order valence-corrected chi connectivity index (χ0v) is 19.7. The van der Waals surface area contributed by atoms with Crippen molar-refractivity contribution in [2.45, 2.75) is 58.7 Å². The third-order valence-electron chi connectivity index (χ3n) is 6.17. The number of fused-ring (bicyclic) bond motifs is 1. The van der Waals surface area contributed by atoms with Gasteiger partial charge in [-0.1, -0.05) is 36.4 Å². The van der Waals surface area contributed by atoms with Crippen molar-refractivity contribution in [1.29, 1.82) is 0 Å². The van der Waals surface area contributed by atoms with Gasteiger partial charge in [-0.2, -0.15) is 4.79 Å². The maximum Gasteiger partial charge on any atom is 0.524 e. The SMILES string of the molecule is COC(=O)C1=Cc2cc(C[C@@H](C)N[C@H](C)c3ccccc3)ccc2[N+]1(C(=O)O)C(C)(C)C. The standard InChI is InChI=1S/C26H32N2O4/c1-17(27-18(2)20-10-8-7-9-11-20)14-19-12-13-22-21(15-19)16-23(24(29)32-6)28(22,25(30)31)26(3,4)5/h7-13,15-18,27H,14H2,1-6H3/p+1/t17-,18-,28?/m1/s1. The molecule has 1 amide bonds. The molecule has 6 heteroatoms. The number of carboxylic acid groups (broad SMARTS) is 1. The number of nitrogens with zero attached hydrogens (tertiary/aromatic N) is 1. The Labute approximate surface area is 190 Å². The molecule has 1 aliphatic heterocycles. The van der Waals surface area contributed by atoms with E-state index in [0.29, 0.717) is 5.69 Å². The van der Waals surface area contributed by atoms with Crippen molar-refractivity contribution in [2.75, 3.05) is 7.11 Å². The van der Waals surface area contributed by atoms with Crippen LogP contribution in [-0.2, 0) is 16.0 Å². The molecule has 0 aromatic heterocycles. The maximum atomic E-state index is 12.6. The molecule has 0 saturated carbocycles. The van der Waals surface area contributed by atoms with Crippen molar-refractivity contribution in [3.05, 3.63) is 70.9 Å². The summed E-state index contributed by atoms with van der Waals surface area (Å²) in [5, 5.41) is 13.9. The van der Waals surface area contributed by atoms with Gasteiger partial charge in [0.1, 0.15) is 5.54 Å². The Hall–Kier alpha value is -2.96. The van der Waals surface area contributed by atoms with Gasteiger partial charge >= 0.3 is 12.1 Å². The van der Waals surface area contributed by atoms with E-state index in [1.807, 2.05) is 57.2 Å². The number of rotatable bonds is 6. The minimum atomic E-state index is -1.10. The van der Waals surface area contributed by atoms with Crippen LogP contribution in [0.2, 0.25) is 0 Å². The van der Waals surface area contributed by atoms with E-state index in [2.05, 4.69) is 31.3 Å². The van der Waals surface area contributed by atoms with Gasteiger partial charge in [-0.3, -0.25) is 0 Å². The number of nitrogens with one attached hydrogen (secondary N) is 1. The monoisotopic (exact) mass is 437 g/mol. The van der Waals surface area contributed by atoms with E-state index in [1.165, 1.54) is 12.7 Å². The summed E-state index contributed by atoms with van der Waals surface area (Å²) in [6.07, 6.45) is 1.33. The zero-order valence-electron chi connectivity index (χ0n) is 19.7. The lowest BCUT2D eigenvalue weighted by Crippen LogP contribution is -2.64. The molecule has 32 heavy (non-hydrogen) atoms. The predicted octanol–water partition coefficient (Wildman–Crippen LogP) is 5.28. The van der Waals surface area contributed by atoms with Crippen LogP contribution < -0.4 is 9.80 Å². The Morgan fingerprint density at radius 1 is 1.09 bits per heavy atom. The van der Waals surface area contributed by atoms with Gasteiger partial charge in [0.2, 0.25) is 5.70 Å². The highest BCUT2D eigenvalue weighted by molar-refractivity contribution is 6.08. The molecule has 3 rings (SSSR count). The number of carbonyl (C=O) groups excluding carboxylic acids is 1. The second kappa shape index (κ2) is 8.88. The van der Waals surface area contributed by atoms with Crippen molar-refractivity contribution in [2.24, 2.45) is 0 Å². The average Bonchev–Trinajstić information content (AvgIpc) is 3.09. The number of methoxy groups -OCH3 is 1. The number of hydrogen-bond donors (Lipinski definition) is 2. The molecule has 0 bridgehead atoms. The summed E-state index contributed by atoms with van der Waals surface area (Å²) < 4.78 is 4.36. The molecule has 1 heterocycles. The number of benzene rings is 2. The van der Waals surface area contributed by atoms with Gasteiger partial charge in [0.25, 0.3) is 0 Å². The third kappa shape index (κ3) is 4.08. The molecular formula is C26H33N2O4+. The van der Waals surface area contributed by atoms with Gasteiger partial charge < -0.3 is 15.2 Å². The van der Waals surface area contributed by atoms with E-state index in [9.17, 15) is 14.7 Å². The summed E-state index contributed by atoms with van der Waals surface area (Å²) in [5.41, 5.74) is 2.94. The smallest absolute Gasteiger partial charge is 0.462 e. The molecule has 6 nitrogen and oxygen atoms in total. The molecule has 0 aliphatic carbocycles. The average molecular weight is 438 g/mol. The molecule has 0 saturated heterocycles. The first-order valence-corrected chi connectivity index (χ1v) is 10.9. The molecule has 1 aliphatic rings. The predicted molar refractivity (Wildman–Crippen MR) is 127 cm³/mol. The highest BCUT2D eigenvalue weighted by atomic mass is 16.5. The Morgan fingerprint density at radius 3 is 2.31 bits per heavy atom. The molecule has 2 aromatic carbocycles. The molecule has 0 radical (unpaired) electrons. The first-order chi connectivity index (χ1) is 15.0. The van der Waals surface area contributed by atoms with Crippen molar-refractivity contribution >= 4 is 23.8 Å². The summed E-state index contributed by atoms with van der Waals surface area (Å²) >= 11 is 0. The topological polar surface area (TPSA) is 75.6 Å². The van der Waals surface area contributed by atoms with Crippen molar-refractivity contribution < 1.29 is 19.4 Å². The minimum Gasteiger partial charge on any atom is -0.462 e. The molecule has 3 atom stereocenters. The second-order valence-electron chi connectivity index (χ2n) is 9.44. The molecular weight excluding hydrogens is 404 g/mol. The summed E-state index contributed by atoms with van der Waals surface area (Å²) in [5.74, 6) is -0.633. The van der Waals surface area contributed by atoms with Crippen LogP contribution in [0.1, 0.15) is 57.4 Å². The number of carbonyl (C=O) groups is 2. The van der Waals surface area contributed by atoms with E-state index in [0.717, 1.165) is 17.5 Å². The number of ether oxygens (including phenoxy) is 1. The lowest BCUT2D eigenvalue weighted by atomic mass is 9.98. The quantitative estimate of drug-likeness (QED) is 0.475. The van der Waals surface area contributed by atoms with Gasteiger partial charge in [0.15, 0.2) is 5.69 Å². The fourth-order valence-electron chi connectivity index (χ4n) is 4.72. The molecule has 170 valence electrons. The van der Waals surface area contributed by atoms with Crippen LogP contribution in [0, 0.1) is 0 Å². The zero-order chi connectivity index (χ0) is 23.7. The third-order valence-corrected chi connectivity index (χ3v) is 6.17. The van der Waals surface area contributed by atoms with Gasteiger partial charge in [-0.25, -0.2) is 4.79 Å². The molecule has 0 fully saturated rings. The number of quaternary nitrogens is 1. The summed E-state index contributed by atoms with van der Waals surface area (Å²) in [6, 6.07) is 16.5. The first kappa shape index (κ1) is 23.7. The number of hydrogen-bond acceptors (Lipinski definition) is 4. The van der Waals surface area contributed by atoms with Gasteiger partial charge in [-0.05, 0) is 58.2 Å². The largest absolute Gasteiger partial charge is 0.524 e. The summed E-state index contributed by atoms with van der Waals surface area (Å²) in [4.78, 5) is 25.2.